The summed E-state index contributed by atoms with van der Waals surface area (Å²) in [6.45, 7) is 5.53. The van der Waals surface area contributed by atoms with E-state index in [4.69, 9.17) is 4.98 Å². The van der Waals surface area contributed by atoms with E-state index in [2.05, 4.69) is 42.5 Å². The average Bonchev–Trinajstić information content (AvgIpc) is 3.13. The Hall–Kier alpha value is -2.94. The van der Waals surface area contributed by atoms with E-state index in [1.54, 1.807) is 23.5 Å². The molecule has 2 saturated heterocycles. The maximum absolute atomic E-state index is 13.1. The standard InChI is InChI=1S/C18H22N8O/c27-18(22-15-11-20-4-5-21-15)26-13-3-8-25(12-13)14-1-2-16(23-17(14)26)24-9-6-19-7-10-24/h1-2,4-5,11,13,19H,3,6-10,12H2,(H,21,22,27)/t13-/m0/s1. The summed E-state index contributed by atoms with van der Waals surface area (Å²) in [5.41, 5.74) is 1.02. The summed E-state index contributed by atoms with van der Waals surface area (Å²) in [6, 6.07) is 4.10. The van der Waals surface area contributed by atoms with Gasteiger partial charge in [-0.1, -0.05) is 0 Å². The van der Waals surface area contributed by atoms with E-state index in [9.17, 15) is 4.79 Å². The van der Waals surface area contributed by atoms with E-state index in [1.165, 1.54) is 0 Å². The monoisotopic (exact) mass is 366 g/mol. The first-order valence-electron chi connectivity index (χ1n) is 9.37. The van der Waals surface area contributed by atoms with Gasteiger partial charge in [-0.2, -0.15) is 0 Å². The van der Waals surface area contributed by atoms with E-state index in [-0.39, 0.29) is 12.1 Å². The molecule has 1 atom stereocenters. The Morgan fingerprint density at radius 1 is 1.15 bits per heavy atom. The smallest absolute Gasteiger partial charge is 0.329 e. The molecule has 140 valence electrons. The fourth-order valence-corrected chi connectivity index (χ4v) is 4.06. The van der Waals surface area contributed by atoms with Gasteiger partial charge in [0.2, 0.25) is 0 Å². The quantitative estimate of drug-likeness (QED) is 0.817. The van der Waals surface area contributed by atoms with Gasteiger partial charge in [0.05, 0.1) is 17.9 Å². The Morgan fingerprint density at radius 2 is 2.04 bits per heavy atom. The summed E-state index contributed by atoms with van der Waals surface area (Å²) >= 11 is 0. The average molecular weight is 366 g/mol. The van der Waals surface area contributed by atoms with Crippen molar-refractivity contribution in [3.05, 3.63) is 30.7 Å². The molecule has 2 N–H and O–H groups in total. The van der Waals surface area contributed by atoms with Crippen LogP contribution in [-0.2, 0) is 0 Å². The van der Waals surface area contributed by atoms with Crippen LogP contribution in [0.25, 0.3) is 0 Å². The van der Waals surface area contributed by atoms with Gasteiger partial charge >= 0.3 is 6.03 Å². The number of aromatic nitrogens is 3. The molecule has 0 spiro atoms. The fourth-order valence-electron chi connectivity index (χ4n) is 4.06. The lowest BCUT2D eigenvalue weighted by molar-refractivity contribution is 0.254. The third-order valence-corrected chi connectivity index (χ3v) is 5.40. The number of rotatable bonds is 2. The molecule has 3 aliphatic heterocycles. The van der Waals surface area contributed by atoms with Crippen LogP contribution in [0.1, 0.15) is 6.42 Å². The number of hydrogen-bond acceptors (Lipinski definition) is 7. The summed E-state index contributed by atoms with van der Waals surface area (Å²) in [4.78, 5) is 32.5. The normalized spacial score (nSPS) is 21.2. The molecular weight excluding hydrogens is 344 g/mol. The Labute approximate surface area is 157 Å². The highest BCUT2D eigenvalue weighted by Crippen LogP contribution is 2.40. The SMILES string of the molecule is O=C(Nc1cnccn1)N1c2nc(N3CCNCC3)ccc2N2CC[C@H]1C2. The lowest BCUT2D eigenvalue weighted by Gasteiger charge is -2.37. The Morgan fingerprint density at radius 3 is 2.85 bits per heavy atom. The molecule has 0 aliphatic carbocycles. The van der Waals surface area contributed by atoms with Crippen LogP contribution in [0.15, 0.2) is 30.7 Å². The van der Waals surface area contributed by atoms with Gasteiger partial charge in [-0.05, 0) is 18.6 Å². The van der Waals surface area contributed by atoms with E-state index in [0.29, 0.717) is 5.82 Å². The van der Waals surface area contributed by atoms with Crippen molar-refractivity contribution in [2.75, 3.05) is 59.3 Å². The molecule has 2 amide bonds. The number of fused-ring (bicyclic) bond motifs is 4. The van der Waals surface area contributed by atoms with E-state index in [1.807, 2.05) is 0 Å². The van der Waals surface area contributed by atoms with E-state index >= 15 is 0 Å². The van der Waals surface area contributed by atoms with Crippen molar-refractivity contribution < 1.29 is 4.79 Å². The van der Waals surface area contributed by atoms with Crippen molar-refractivity contribution in [2.45, 2.75) is 12.5 Å². The summed E-state index contributed by atoms with van der Waals surface area (Å²) in [7, 11) is 0. The van der Waals surface area contributed by atoms with Crippen LogP contribution >= 0.6 is 0 Å². The molecule has 2 fully saturated rings. The second-order valence-corrected chi connectivity index (χ2v) is 7.03. The van der Waals surface area contributed by atoms with Gasteiger partial charge in [-0.3, -0.25) is 15.2 Å². The molecule has 0 saturated carbocycles. The van der Waals surface area contributed by atoms with Crippen LogP contribution in [0.4, 0.5) is 27.9 Å². The number of urea groups is 1. The van der Waals surface area contributed by atoms with Crippen molar-refractivity contribution in [3.8, 4) is 0 Å². The summed E-state index contributed by atoms with van der Waals surface area (Å²) < 4.78 is 0. The van der Waals surface area contributed by atoms with Crippen LogP contribution in [0.2, 0.25) is 0 Å². The number of hydrogen-bond donors (Lipinski definition) is 2. The van der Waals surface area contributed by atoms with Crippen LogP contribution in [0, 0.1) is 0 Å². The Balaban J connectivity index is 1.48. The van der Waals surface area contributed by atoms with Crippen LogP contribution in [0.3, 0.4) is 0 Å². The van der Waals surface area contributed by atoms with Gasteiger partial charge < -0.3 is 15.1 Å². The molecule has 0 radical (unpaired) electrons. The van der Waals surface area contributed by atoms with E-state index < -0.39 is 0 Å². The molecule has 2 bridgehead atoms. The maximum Gasteiger partial charge on any atom is 0.329 e. The molecule has 5 heterocycles. The van der Waals surface area contributed by atoms with Crippen molar-refractivity contribution >= 4 is 29.2 Å². The van der Waals surface area contributed by atoms with Crippen LogP contribution in [-0.4, -0.2) is 66.3 Å². The predicted molar refractivity (Wildman–Crippen MR) is 103 cm³/mol. The minimum atomic E-state index is -0.201. The van der Waals surface area contributed by atoms with Gasteiger partial charge in [-0.15, -0.1) is 0 Å². The number of carbonyl (C=O) groups excluding carboxylic acids is 1. The number of piperazine rings is 1. The molecule has 27 heavy (non-hydrogen) atoms. The molecule has 9 nitrogen and oxygen atoms in total. The first-order chi connectivity index (χ1) is 13.3. The minimum absolute atomic E-state index is 0.125. The molecule has 3 aliphatic rings. The maximum atomic E-state index is 13.1. The zero-order chi connectivity index (χ0) is 18.2. The van der Waals surface area contributed by atoms with Gasteiger partial charge in [0.15, 0.2) is 11.6 Å². The lowest BCUT2D eigenvalue weighted by atomic mass is 10.2. The molecule has 2 aromatic rings. The Bertz CT molecular complexity index is 839. The zero-order valence-electron chi connectivity index (χ0n) is 15.0. The highest BCUT2D eigenvalue weighted by Gasteiger charge is 2.40. The molecule has 0 unspecified atom stereocenters. The zero-order valence-corrected chi connectivity index (χ0v) is 15.0. The fraction of sp³-hybridized carbons (Fsp3) is 0.444. The Kier molecular flexibility index (Phi) is 4.01. The van der Waals surface area contributed by atoms with Gasteiger partial charge in [0.25, 0.3) is 0 Å². The second kappa shape index (κ2) is 6.66. The van der Waals surface area contributed by atoms with Crippen molar-refractivity contribution in [3.63, 3.8) is 0 Å². The molecule has 0 aromatic carbocycles. The summed E-state index contributed by atoms with van der Waals surface area (Å²) in [5.74, 6) is 2.11. The highest BCUT2D eigenvalue weighted by atomic mass is 16.2. The molecular formula is C18H22N8O. The van der Waals surface area contributed by atoms with Gasteiger partial charge in [0, 0.05) is 51.7 Å². The molecule has 5 rings (SSSR count). The van der Waals surface area contributed by atoms with Gasteiger partial charge in [-0.25, -0.2) is 14.8 Å². The van der Waals surface area contributed by atoms with Gasteiger partial charge in [0.1, 0.15) is 5.82 Å². The largest absolute Gasteiger partial charge is 0.366 e. The summed E-state index contributed by atoms with van der Waals surface area (Å²) in [5, 5.41) is 6.23. The second-order valence-electron chi connectivity index (χ2n) is 7.03. The molecule has 2 aromatic heterocycles. The number of amides is 2. The topological polar surface area (TPSA) is 89.5 Å². The lowest BCUT2D eigenvalue weighted by Crippen LogP contribution is -2.49. The summed E-state index contributed by atoms with van der Waals surface area (Å²) in [6.07, 6.45) is 5.64. The van der Waals surface area contributed by atoms with Crippen molar-refractivity contribution in [1.29, 1.82) is 0 Å². The number of anilines is 4. The van der Waals surface area contributed by atoms with Crippen molar-refractivity contribution in [1.82, 2.24) is 20.3 Å². The van der Waals surface area contributed by atoms with Crippen LogP contribution < -0.4 is 25.3 Å². The predicted octanol–water partition coefficient (Wildman–Crippen LogP) is 0.912. The third kappa shape index (κ3) is 2.93. The molecule has 9 heteroatoms. The van der Waals surface area contributed by atoms with Crippen molar-refractivity contribution in [2.24, 2.45) is 0 Å². The number of nitrogens with zero attached hydrogens (tertiary/aromatic N) is 6. The van der Waals surface area contributed by atoms with Crippen LogP contribution in [0.5, 0.6) is 0 Å². The first-order valence-corrected chi connectivity index (χ1v) is 9.37. The number of carbonyl (C=O) groups is 1. The third-order valence-electron chi connectivity index (χ3n) is 5.40. The highest BCUT2D eigenvalue weighted by molar-refractivity contribution is 6.04. The number of nitrogens with one attached hydrogen (secondary N) is 2. The first kappa shape index (κ1) is 16.2. The number of pyridine rings is 1. The minimum Gasteiger partial charge on any atom is -0.366 e. The van der Waals surface area contributed by atoms with E-state index in [0.717, 1.165) is 63.0 Å².